The first-order chi connectivity index (χ1) is 14.1. The minimum Gasteiger partial charge on any atom is -0.486 e. The van der Waals surface area contributed by atoms with Gasteiger partial charge in [0.25, 0.3) is 0 Å². The van der Waals surface area contributed by atoms with Gasteiger partial charge in [-0.2, -0.15) is 0 Å². The van der Waals surface area contributed by atoms with Gasteiger partial charge in [0.15, 0.2) is 5.78 Å². The van der Waals surface area contributed by atoms with Gasteiger partial charge in [-0.3, -0.25) is 4.79 Å². The third-order valence-corrected chi connectivity index (χ3v) is 6.48. The molecule has 2 N–H and O–H groups in total. The number of rotatable bonds is 6. The summed E-state index contributed by atoms with van der Waals surface area (Å²) in [5.74, 6) is 1.30. The maximum Gasteiger partial charge on any atom is 0.166 e. The van der Waals surface area contributed by atoms with Crippen LogP contribution in [-0.2, 0) is 6.42 Å². The second kappa shape index (κ2) is 9.10. The molecule has 2 aromatic carbocycles. The van der Waals surface area contributed by atoms with Gasteiger partial charge in [0.1, 0.15) is 11.9 Å². The number of ketones is 1. The number of ether oxygens (including phenoxy) is 1. The number of hydrogen-bond donors (Lipinski definition) is 1. The maximum atomic E-state index is 13.0. The van der Waals surface area contributed by atoms with E-state index in [0.29, 0.717) is 11.8 Å². The molecule has 2 aliphatic rings. The Balaban J connectivity index is 1.36. The van der Waals surface area contributed by atoms with E-state index in [9.17, 15) is 4.79 Å². The van der Waals surface area contributed by atoms with E-state index in [0.717, 1.165) is 74.2 Å². The van der Waals surface area contributed by atoms with Gasteiger partial charge in [0.05, 0.1) is 0 Å². The fourth-order valence-electron chi connectivity index (χ4n) is 4.56. The zero-order valence-corrected chi connectivity index (χ0v) is 17.3. The number of benzene rings is 2. The van der Waals surface area contributed by atoms with Crippen LogP contribution in [0.1, 0.15) is 60.2 Å². The number of fused-ring (bicyclic) bond motifs is 1. The lowest BCUT2D eigenvalue weighted by molar-refractivity contribution is 0.0877. The van der Waals surface area contributed by atoms with Crippen LogP contribution in [0.25, 0.3) is 0 Å². The van der Waals surface area contributed by atoms with E-state index in [4.69, 9.17) is 10.5 Å². The summed E-state index contributed by atoms with van der Waals surface area (Å²) in [6.45, 7) is 5.20. The van der Waals surface area contributed by atoms with Gasteiger partial charge in [0, 0.05) is 17.5 Å². The molecule has 4 rings (SSSR count). The zero-order valence-electron chi connectivity index (χ0n) is 17.3. The topological polar surface area (TPSA) is 55.6 Å². The normalized spacial score (nSPS) is 21.6. The Bertz CT molecular complexity index is 828. The predicted octanol–water partition coefficient (Wildman–Crippen LogP) is 4.38. The number of hydrogen-bond acceptors (Lipinski definition) is 4. The standard InChI is InChI=1S/C25H32N2O2/c1-18(19-5-3-2-4-6-19)29-23-9-10-24-21(17-23)8-7-20(25(24)28)11-14-27-15-12-22(26)13-16-27/h2-6,9-10,17-18,20,22H,7-8,11-16,26H2,1H3. The van der Waals surface area contributed by atoms with Crippen LogP contribution >= 0.6 is 0 Å². The number of nitrogens with two attached hydrogens (primary N) is 1. The quantitative estimate of drug-likeness (QED) is 0.792. The number of carbonyl (C=O) groups excluding carboxylic acids is 1. The number of nitrogens with zero attached hydrogens (tertiary/aromatic N) is 1. The van der Waals surface area contributed by atoms with Crippen molar-refractivity contribution in [3.8, 4) is 5.75 Å². The molecule has 29 heavy (non-hydrogen) atoms. The molecular formula is C25H32N2O2. The van der Waals surface area contributed by atoms with Gasteiger partial charge in [-0.05, 0) is 88.0 Å². The highest BCUT2D eigenvalue weighted by atomic mass is 16.5. The lowest BCUT2D eigenvalue weighted by Gasteiger charge is -2.32. The van der Waals surface area contributed by atoms with Crippen molar-refractivity contribution in [3.63, 3.8) is 0 Å². The van der Waals surface area contributed by atoms with E-state index in [1.807, 2.05) is 30.3 Å². The van der Waals surface area contributed by atoms with Crippen molar-refractivity contribution in [1.82, 2.24) is 4.90 Å². The molecule has 1 saturated heterocycles. The minimum atomic E-state index is -0.0149. The monoisotopic (exact) mass is 392 g/mol. The molecule has 1 aliphatic carbocycles. The Kier molecular flexibility index (Phi) is 6.31. The van der Waals surface area contributed by atoms with Gasteiger partial charge < -0.3 is 15.4 Å². The Labute approximate surface area is 174 Å². The second-order valence-corrected chi connectivity index (χ2v) is 8.56. The minimum absolute atomic E-state index is 0.0149. The SMILES string of the molecule is CC(Oc1ccc2c(c1)CCC(CCN1CCC(N)CC1)C2=O)c1ccccc1. The molecule has 2 unspecified atom stereocenters. The molecule has 0 radical (unpaired) electrons. The second-order valence-electron chi connectivity index (χ2n) is 8.56. The maximum absolute atomic E-state index is 13.0. The molecular weight excluding hydrogens is 360 g/mol. The first-order valence-electron chi connectivity index (χ1n) is 11.0. The summed E-state index contributed by atoms with van der Waals surface area (Å²) < 4.78 is 6.14. The Morgan fingerprint density at radius 3 is 2.62 bits per heavy atom. The fourth-order valence-corrected chi connectivity index (χ4v) is 4.56. The predicted molar refractivity (Wildman–Crippen MR) is 116 cm³/mol. The number of likely N-dealkylation sites (tertiary alicyclic amines) is 1. The summed E-state index contributed by atoms with van der Waals surface area (Å²) in [6.07, 6.45) is 4.98. The van der Waals surface area contributed by atoms with E-state index in [-0.39, 0.29) is 12.0 Å². The Hall–Kier alpha value is -2.17. The summed E-state index contributed by atoms with van der Waals surface area (Å²) in [4.78, 5) is 15.5. The first-order valence-corrected chi connectivity index (χ1v) is 11.0. The van der Waals surface area contributed by atoms with Crippen LogP contribution in [0.3, 0.4) is 0 Å². The third kappa shape index (κ3) is 4.88. The molecule has 154 valence electrons. The lowest BCUT2D eigenvalue weighted by Crippen LogP contribution is -2.40. The van der Waals surface area contributed by atoms with Crippen molar-refractivity contribution in [2.45, 2.75) is 51.2 Å². The van der Waals surface area contributed by atoms with Crippen LogP contribution in [0, 0.1) is 5.92 Å². The van der Waals surface area contributed by atoms with Crippen molar-refractivity contribution >= 4 is 5.78 Å². The third-order valence-electron chi connectivity index (χ3n) is 6.48. The highest BCUT2D eigenvalue weighted by Gasteiger charge is 2.28. The van der Waals surface area contributed by atoms with E-state index >= 15 is 0 Å². The Morgan fingerprint density at radius 2 is 1.86 bits per heavy atom. The van der Waals surface area contributed by atoms with Crippen LogP contribution in [0.4, 0.5) is 0 Å². The van der Waals surface area contributed by atoms with Gasteiger partial charge >= 0.3 is 0 Å². The average molecular weight is 393 g/mol. The molecule has 2 atom stereocenters. The zero-order chi connectivity index (χ0) is 20.2. The molecule has 0 bridgehead atoms. The summed E-state index contributed by atoms with van der Waals surface area (Å²) in [7, 11) is 0. The molecule has 0 spiro atoms. The van der Waals surface area contributed by atoms with E-state index in [1.165, 1.54) is 0 Å². The number of Topliss-reactive ketones (excluding diaryl/α,β-unsaturated/α-hetero) is 1. The van der Waals surface area contributed by atoms with Crippen LogP contribution in [0.5, 0.6) is 5.75 Å². The van der Waals surface area contributed by atoms with Crippen LogP contribution < -0.4 is 10.5 Å². The van der Waals surface area contributed by atoms with Crippen molar-refractivity contribution in [1.29, 1.82) is 0 Å². The first kappa shape index (κ1) is 20.1. The molecule has 2 aromatic rings. The summed E-state index contributed by atoms with van der Waals surface area (Å²) in [5, 5.41) is 0. The molecule has 1 fully saturated rings. The molecule has 0 amide bonds. The lowest BCUT2D eigenvalue weighted by atomic mass is 9.81. The summed E-state index contributed by atoms with van der Waals surface area (Å²) in [5.41, 5.74) is 9.17. The summed E-state index contributed by atoms with van der Waals surface area (Å²) in [6, 6.07) is 16.6. The van der Waals surface area contributed by atoms with E-state index < -0.39 is 0 Å². The molecule has 1 heterocycles. The van der Waals surface area contributed by atoms with Gasteiger partial charge in [0.2, 0.25) is 0 Å². The van der Waals surface area contributed by atoms with Crippen molar-refractivity contribution < 1.29 is 9.53 Å². The molecule has 0 saturated carbocycles. The molecule has 1 aliphatic heterocycles. The molecule has 4 nitrogen and oxygen atoms in total. The highest BCUT2D eigenvalue weighted by Crippen LogP contribution is 2.32. The number of piperidine rings is 1. The molecule has 0 aromatic heterocycles. The fraction of sp³-hybridized carbons (Fsp3) is 0.480. The van der Waals surface area contributed by atoms with Crippen LogP contribution in [0.2, 0.25) is 0 Å². The van der Waals surface area contributed by atoms with Gasteiger partial charge in [-0.25, -0.2) is 0 Å². The van der Waals surface area contributed by atoms with Crippen molar-refractivity contribution in [2.24, 2.45) is 11.7 Å². The van der Waals surface area contributed by atoms with Crippen LogP contribution in [-0.4, -0.2) is 36.4 Å². The van der Waals surface area contributed by atoms with E-state index in [2.05, 4.69) is 30.0 Å². The average Bonchev–Trinajstić information content (AvgIpc) is 2.75. The van der Waals surface area contributed by atoms with E-state index in [1.54, 1.807) is 0 Å². The highest BCUT2D eigenvalue weighted by molar-refractivity contribution is 6.00. The number of carbonyl (C=O) groups is 1. The molecule has 4 heteroatoms. The van der Waals surface area contributed by atoms with Gasteiger partial charge in [-0.1, -0.05) is 30.3 Å². The van der Waals surface area contributed by atoms with Crippen molar-refractivity contribution in [2.75, 3.05) is 19.6 Å². The van der Waals surface area contributed by atoms with Crippen LogP contribution in [0.15, 0.2) is 48.5 Å². The van der Waals surface area contributed by atoms with Crippen molar-refractivity contribution in [3.05, 3.63) is 65.2 Å². The Morgan fingerprint density at radius 1 is 1.10 bits per heavy atom. The van der Waals surface area contributed by atoms with Gasteiger partial charge in [-0.15, -0.1) is 0 Å². The number of aryl methyl sites for hydroxylation is 1. The largest absolute Gasteiger partial charge is 0.486 e. The summed E-state index contributed by atoms with van der Waals surface area (Å²) >= 11 is 0. The smallest absolute Gasteiger partial charge is 0.166 e.